The molecule has 1 aliphatic heterocycles. The Balaban J connectivity index is 2.06. The largest absolute Gasteiger partial charge is 0.342 e. The molecule has 3 atom stereocenters. The summed E-state index contributed by atoms with van der Waals surface area (Å²) in [6.07, 6.45) is 4.77. The molecule has 1 saturated carbocycles. The van der Waals surface area contributed by atoms with E-state index in [4.69, 9.17) is 0 Å². The third-order valence-corrected chi connectivity index (χ3v) is 5.87. The van der Waals surface area contributed by atoms with Gasteiger partial charge in [-0.1, -0.05) is 6.92 Å². The number of rotatable bonds is 5. The molecule has 0 aromatic carbocycles. The van der Waals surface area contributed by atoms with Crippen molar-refractivity contribution in [3.05, 3.63) is 0 Å². The van der Waals surface area contributed by atoms with E-state index in [9.17, 15) is 13.8 Å². The molecule has 5 nitrogen and oxygen atoms in total. The van der Waals surface area contributed by atoms with E-state index in [1.165, 1.54) is 0 Å². The second-order valence-corrected chi connectivity index (χ2v) is 7.97. The molecule has 20 heavy (non-hydrogen) atoms. The van der Waals surface area contributed by atoms with Crippen LogP contribution >= 0.6 is 0 Å². The Morgan fingerprint density at radius 2 is 2.10 bits per heavy atom. The average Bonchev–Trinajstić information content (AvgIpc) is 3.21. The van der Waals surface area contributed by atoms with Crippen LogP contribution in [0.4, 0.5) is 0 Å². The van der Waals surface area contributed by atoms with Gasteiger partial charge < -0.3 is 10.2 Å². The Morgan fingerprint density at radius 1 is 1.45 bits per heavy atom. The van der Waals surface area contributed by atoms with E-state index in [2.05, 4.69) is 5.32 Å². The number of carbonyl (C=O) groups excluding carboxylic acids is 2. The number of hydrogen-bond donors (Lipinski definition) is 1. The van der Waals surface area contributed by atoms with Crippen LogP contribution in [-0.4, -0.2) is 51.1 Å². The lowest BCUT2D eigenvalue weighted by molar-refractivity contribution is -0.139. The number of carbonyl (C=O) groups is 2. The lowest BCUT2D eigenvalue weighted by Gasteiger charge is -2.32. The highest BCUT2D eigenvalue weighted by Crippen LogP contribution is 2.41. The molecule has 1 N–H and O–H groups in total. The van der Waals surface area contributed by atoms with Gasteiger partial charge in [-0.15, -0.1) is 0 Å². The monoisotopic (exact) mass is 300 g/mol. The highest BCUT2D eigenvalue weighted by Gasteiger charge is 2.50. The van der Waals surface area contributed by atoms with Gasteiger partial charge >= 0.3 is 0 Å². The predicted octanol–water partition coefficient (Wildman–Crippen LogP) is 0.661. The van der Waals surface area contributed by atoms with Crippen LogP contribution in [-0.2, 0) is 20.4 Å². The molecule has 0 aromatic heterocycles. The maximum absolute atomic E-state index is 12.7. The maximum Gasteiger partial charge on any atom is 0.248 e. The number of nitrogens with one attached hydrogen (secondary N) is 1. The van der Waals surface area contributed by atoms with E-state index in [1.54, 1.807) is 11.2 Å². The molecule has 1 saturated heterocycles. The number of nitrogens with zero attached hydrogens (tertiary/aromatic N) is 1. The molecule has 0 radical (unpaired) electrons. The number of hydrogen-bond acceptors (Lipinski definition) is 3. The van der Waals surface area contributed by atoms with E-state index in [-0.39, 0.29) is 23.0 Å². The average molecular weight is 300 g/mol. The van der Waals surface area contributed by atoms with Crippen molar-refractivity contribution in [2.24, 2.45) is 5.92 Å². The van der Waals surface area contributed by atoms with E-state index in [0.717, 1.165) is 12.8 Å². The summed E-state index contributed by atoms with van der Waals surface area (Å²) in [7, 11) is -0.873. The van der Waals surface area contributed by atoms with Crippen molar-refractivity contribution in [3.8, 4) is 0 Å². The first-order chi connectivity index (χ1) is 9.34. The molecule has 114 valence electrons. The van der Waals surface area contributed by atoms with Crippen LogP contribution in [0, 0.1) is 5.92 Å². The predicted molar refractivity (Wildman–Crippen MR) is 78.6 cm³/mol. The molecule has 6 heteroatoms. The van der Waals surface area contributed by atoms with Gasteiger partial charge in [-0.3, -0.25) is 13.8 Å². The normalized spacial score (nSPS) is 30.6. The summed E-state index contributed by atoms with van der Waals surface area (Å²) >= 11 is 0. The van der Waals surface area contributed by atoms with E-state index < -0.39 is 16.3 Å². The minimum Gasteiger partial charge on any atom is -0.342 e. The zero-order valence-electron chi connectivity index (χ0n) is 12.5. The minimum atomic E-state index is -0.873. The summed E-state index contributed by atoms with van der Waals surface area (Å²) in [6, 6.07) is 0. The summed E-state index contributed by atoms with van der Waals surface area (Å²) in [6.45, 7) is 4.83. The third-order valence-electron chi connectivity index (χ3n) is 4.51. The van der Waals surface area contributed by atoms with Crippen molar-refractivity contribution in [1.29, 1.82) is 0 Å². The molecular weight excluding hydrogens is 276 g/mol. The zero-order valence-corrected chi connectivity index (χ0v) is 13.3. The third kappa shape index (κ3) is 3.22. The molecule has 2 aliphatic rings. The van der Waals surface area contributed by atoms with Crippen molar-refractivity contribution >= 4 is 22.6 Å². The van der Waals surface area contributed by atoms with Crippen molar-refractivity contribution in [2.45, 2.75) is 50.3 Å². The van der Waals surface area contributed by atoms with E-state index in [1.807, 2.05) is 13.8 Å². The fraction of sp³-hybridized carbons (Fsp3) is 0.857. The van der Waals surface area contributed by atoms with Crippen molar-refractivity contribution in [2.75, 3.05) is 19.3 Å². The Kier molecular flexibility index (Phi) is 4.52. The molecule has 0 bridgehead atoms. The second-order valence-electron chi connectivity index (χ2n) is 6.16. The maximum atomic E-state index is 12.7. The Morgan fingerprint density at radius 3 is 2.65 bits per heavy atom. The van der Waals surface area contributed by atoms with Crippen LogP contribution in [0.5, 0.6) is 0 Å². The fourth-order valence-electron chi connectivity index (χ4n) is 2.73. The van der Waals surface area contributed by atoms with Gasteiger partial charge in [0, 0.05) is 41.8 Å². The quantitative estimate of drug-likeness (QED) is 0.811. The summed E-state index contributed by atoms with van der Waals surface area (Å²) < 4.78 is 11.4. The summed E-state index contributed by atoms with van der Waals surface area (Å²) in [5.41, 5.74) is -0.734. The Labute approximate surface area is 122 Å². The minimum absolute atomic E-state index is 0.0277. The molecule has 2 fully saturated rings. The molecule has 1 heterocycles. The van der Waals surface area contributed by atoms with Crippen LogP contribution in [0.1, 0.15) is 39.5 Å². The zero-order chi connectivity index (χ0) is 14.9. The number of amides is 2. The first-order valence-corrected chi connectivity index (χ1v) is 8.89. The first kappa shape index (κ1) is 15.5. The summed E-state index contributed by atoms with van der Waals surface area (Å²) in [4.78, 5) is 26.3. The van der Waals surface area contributed by atoms with Gasteiger partial charge in [-0.2, -0.15) is 0 Å². The van der Waals surface area contributed by atoms with Gasteiger partial charge in [0.2, 0.25) is 11.8 Å². The summed E-state index contributed by atoms with van der Waals surface area (Å²) in [5, 5.41) is 2.99. The van der Waals surface area contributed by atoms with Gasteiger partial charge in [0.05, 0.1) is 0 Å². The van der Waals surface area contributed by atoms with E-state index >= 15 is 0 Å². The van der Waals surface area contributed by atoms with Crippen molar-refractivity contribution < 1.29 is 13.8 Å². The lowest BCUT2D eigenvalue weighted by atomic mass is 9.94. The summed E-state index contributed by atoms with van der Waals surface area (Å²) in [5.74, 6) is 0.264. The van der Waals surface area contributed by atoms with Crippen LogP contribution < -0.4 is 5.32 Å². The van der Waals surface area contributed by atoms with Gasteiger partial charge in [0.25, 0.3) is 0 Å². The second kappa shape index (κ2) is 5.84. The standard InChI is InChI=1S/C14H24N2O3S/c1-10(20(3)19)6-8-16-9-7-12(17)15-14(2,13(16)18)11-4-5-11/h10-11H,4-9H2,1-3H3,(H,15,17). The van der Waals surface area contributed by atoms with Crippen LogP contribution in [0.25, 0.3) is 0 Å². The molecular formula is C14H24N2O3S. The molecule has 3 unspecified atom stereocenters. The van der Waals surface area contributed by atoms with Crippen LogP contribution in [0.3, 0.4) is 0 Å². The van der Waals surface area contributed by atoms with E-state index in [0.29, 0.717) is 25.9 Å². The molecule has 1 aliphatic carbocycles. The molecule has 0 aromatic rings. The topological polar surface area (TPSA) is 66.5 Å². The van der Waals surface area contributed by atoms with Crippen LogP contribution in [0.2, 0.25) is 0 Å². The SMILES string of the molecule is CC(CCN1CCC(=O)NC(C)(C2CC2)C1=O)S(C)=O. The fourth-order valence-corrected chi connectivity index (χ4v) is 3.16. The van der Waals surface area contributed by atoms with Crippen LogP contribution in [0.15, 0.2) is 0 Å². The van der Waals surface area contributed by atoms with Gasteiger partial charge in [-0.25, -0.2) is 0 Å². The Hall–Kier alpha value is -0.910. The van der Waals surface area contributed by atoms with Crippen molar-refractivity contribution in [1.82, 2.24) is 10.2 Å². The molecule has 0 spiro atoms. The smallest absolute Gasteiger partial charge is 0.248 e. The Bertz CT molecular complexity index is 436. The lowest BCUT2D eigenvalue weighted by Crippen LogP contribution is -2.57. The van der Waals surface area contributed by atoms with Gasteiger partial charge in [0.1, 0.15) is 5.54 Å². The molecule has 2 rings (SSSR count). The molecule has 2 amide bonds. The highest BCUT2D eigenvalue weighted by molar-refractivity contribution is 7.84. The van der Waals surface area contributed by atoms with Gasteiger partial charge in [0.15, 0.2) is 0 Å². The first-order valence-electron chi connectivity index (χ1n) is 7.27. The van der Waals surface area contributed by atoms with Crippen molar-refractivity contribution in [3.63, 3.8) is 0 Å². The van der Waals surface area contributed by atoms with Gasteiger partial charge in [-0.05, 0) is 32.1 Å². The highest BCUT2D eigenvalue weighted by atomic mass is 32.2.